The van der Waals surface area contributed by atoms with Gasteiger partial charge in [0, 0.05) is 5.69 Å². The van der Waals surface area contributed by atoms with Crippen LogP contribution in [-0.4, -0.2) is 29.6 Å². The van der Waals surface area contributed by atoms with E-state index in [9.17, 15) is 9.59 Å². The molecule has 1 unspecified atom stereocenters. The number of nitrogens with one attached hydrogen (secondary N) is 2. The normalized spacial score (nSPS) is 12.2. The molecule has 110 valence electrons. The van der Waals surface area contributed by atoms with Crippen LogP contribution < -0.4 is 10.6 Å². The van der Waals surface area contributed by atoms with Gasteiger partial charge in [-0.1, -0.05) is 32.0 Å². The topological polar surface area (TPSA) is 78.4 Å². The van der Waals surface area contributed by atoms with Crippen molar-refractivity contribution in [2.24, 2.45) is 5.92 Å². The summed E-state index contributed by atoms with van der Waals surface area (Å²) in [5.74, 6) is -1.27. The van der Waals surface area contributed by atoms with E-state index >= 15 is 0 Å². The zero-order chi connectivity index (χ0) is 15.3. The fraction of sp³-hybridized carbons (Fsp3) is 0.467. The van der Waals surface area contributed by atoms with Crippen LogP contribution in [0.1, 0.15) is 25.0 Å². The highest BCUT2D eigenvalue weighted by Gasteiger charge is 2.21. The molecule has 0 heterocycles. The molecule has 0 saturated carbocycles. The molecule has 0 aliphatic carbocycles. The molecule has 20 heavy (non-hydrogen) atoms. The van der Waals surface area contributed by atoms with Gasteiger partial charge in [-0.05, 0) is 30.9 Å². The number of hydrogen-bond acceptors (Lipinski definition) is 3. The van der Waals surface area contributed by atoms with E-state index in [2.05, 4.69) is 10.6 Å². The molecule has 1 aromatic carbocycles. The first-order valence-corrected chi connectivity index (χ1v) is 6.65. The van der Waals surface area contributed by atoms with E-state index in [1.165, 1.54) is 0 Å². The number of para-hydroxylation sites is 1. The molecule has 0 fully saturated rings. The molecule has 1 amide bonds. The molecule has 5 heteroatoms. The van der Waals surface area contributed by atoms with E-state index in [-0.39, 0.29) is 18.4 Å². The van der Waals surface area contributed by atoms with Gasteiger partial charge >= 0.3 is 5.97 Å². The first-order valence-electron chi connectivity index (χ1n) is 6.65. The van der Waals surface area contributed by atoms with Crippen LogP contribution in [0.15, 0.2) is 18.2 Å². The predicted molar refractivity (Wildman–Crippen MR) is 78.8 cm³/mol. The molecule has 1 atom stereocenters. The van der Waals surface area contributed by atoms with Crippen LogP contribution in [0.25, 0.3) is 0 Å². The average molecular weight is 278 g/mol. The molecule has 3 N–H and O–H groups in total. The Hall–Kier alpha value is -1.88. The van der Waals surface area contributed by atoms with Crippen molar-refractivity contribution in [2.75, 3.05) is 11.9 Å². The second-order valence-electron chi connectivity index (χ2n) is 5.26. The van der Waals surface area contributed by atoms with Crippen LogP contribution in [0, 0.1) is 19.8 Å². The van der Waals surface area contributed by atoms with Gasteiger partial charge in [0.15, 0.2) is 0 Å². The molecule has 1 aromatic rings. The van der Waals surface area contributed by atoms with Gasteiger partial charge in [-0.25, -0.2) is 0 Å². The molecule has 0 aliphatic heterocycles. The lowest BCUT2D eigenvalue weighted by atomic mass is 10.0. The van der Waals surface area contributed by atoms with Crippen LogP contribution in [0.5, 0.6) is 0 Å². The van der Waals surface area contributed by atoms with E-state index in [4.69, 9.17) is 5.11 Å². The highest BCUT2D eigenvalue weighted by atomic mass is 16.4. The summed E-state index contributed by atoms with van der Waals surface area (Å²) >= 11 is 0. The van der Waals surface area contributed by atoms with Gasteiger partial charge in [-0.15, -0.1) is 0 Å². The Morgan fingerprint density at radius 3 is 2.20 bits per heavy atom. The largest absolute Gasteiger partial charge is 0.480 e. The van der Waals surface area contributed by atoms with Crippen molar-refractivity contribution in [1.82, 2.24) is 5.32 Å². The third-order valence-corrected chi connectivity index (χ3v) is 3.16. The van der Waals surface area contributed by atoms with E-state index in [1.54, 1.807) is 13.8 Å². The number of carboxylic acids is 1. The van der Waals surface area contributed by atoms with Crippen molar-refractivity contribution in [1.29, 1.82) is 0 Å². The lowest BCUT2D eigenvalue weighted by Gasteiger charge is -2.18. The van der Waals surface area contributed by atoms with Gasteiger partial charge < -0.3 is 10.4 Å². The summed E-state index contributed by atoms with van der Waals surface area (Å²) in [5, 5.41) is 14.6. The summed E-state index contributed by atoms with van der Waals surface area (Å²) in [7, 11) is 0. The maximum Gasteiger partial charge on any atom is 0.320 e. The number of hydrogen-bond donors (Lipinski definition) is 3. The minimum Gasteiger partial charge on any atom is -0.480 e. The Kier molecular flexibility index (Phi) is 5.70. The van der Waals surface area contributed by atoms with Gasteiger partial charge in [-0.2, -0.15) is 0 Å². The number of benzene rings is 1. The van der Waals surface area contributed by atoms with Gasteiger partial charge in [0.05, 0.1) is 6.54 Å². The maximum absolute atomic E-state index is 11.9. The smallest absolute Gasteiger partial charge is 0.320 e. The average Bonchev–Trinajstić information content (AvgIpc) is 2.33. The minimum atomic E-state index is -0.945. The number of carbonyl (C=O) groups excluding carboxylic acids is 1. The second kappa shape index (κ2) is 7.05. The molecular formula is C15H22N2O3. The summed E-state index contributed by atoms with van der Waals surface area (Å²) in [4.78, 5) is 22.9. The van der Waals surface area contributed by atoms with Gasteiger partial charge in [0.25, 0.3) is 0 Å². The summed E-state index contributed by atoms with van der Waals surface area (Å²) in [6.45, 7) is 7.42. The fourth-order valence-electron chi connectivity index (χ4n) is 2.01. The fourth-order valence-corrected chi connectivity index (χ4v) is 2.01. The molecular weight excluding hydrogens is 256 g/mol. The number of amides is 1. The summed E-state index contributed by atoms with van der Waals surface area (Å²) in [6.07, 6.45) is 0. The second-order valence-corrected chi connectivity index (χ2v) is 5.26. The number of carbonyl (C=O) groups is 2. The van der Waals surface area contributed by atoms with Gasteiger partial charge in [-0.3, -0.25) is 14.9 Å². The number of aliphatic carboxylic acids is 1. The van der Waals surface area contributed by atoms with Crippen LogP contribution in [0.2, 0.25) is 0 Å². The standard InChI is InChI=1S/C15H22N2O3/c1-9(2)13(15(19)20)16-8-12(18)17-14-10(3)6-5-7-11(14)4/h5-7,9,13,16H,8H2,1-4H3,(H,17,18)(H,19,20). The monoisotopic (exact) mass is 278 g/mol. The molecule has 0 aliphatic rings. The third-order valence-electron chi connectivity index (χ3n) is 3.16. The number of anilines is 1. The molecule has 0 saturated heterocycles. The SMILES string of the molecule is Cc1cccc(C)c1NC(=O)CNC(C(=O)O)C(C)C. The minimum absolute atomic E-state index is 0.0249. The zero-order valence-corrected chi connectivity index (χ0v) is 12.4. The molecule has 1 rings (SSSR count). The Balaban J connectivity index is 2.62. The Bertz CT molecular complexity index is 478. The van der Waals surface area contributed by atoms with Gasteiger partial charge in [0.1, 0.15) is 6.04 Å². The van der Waals surface area contributed by atoms with Crippen LogP contribution >= 0.6 is 0 Å². The Labute approximate surface area is 119 Å². The van der Waals surface area contributed by atoms with Gasteiger partial charge in [0.2, 0.25) is 5.91 Å². The van der Waals surface area contributed by atoms with E-state index in [0.717, 1.165) is 16.8 Å². The summed E-state index contributed by atoms with van der Waals surface area (Å²) in [5.41, 5.74) is 2.75. The van der Waals surface area contributed by atoms with Crippen molar-refractivity contribution in [3.8, 4) is 0 Å². The van der Waals surface area contributed by atoms with E-state index in [0.29, 0.717) is 0 Å². The van der Waals surface area contributed by atoms with E-state index < -0.39 is 12.0 Å². The maximum atomic E-state index is 11.9. The van der Waals surface area contributed by atoms with Crippen molar-refractivity contribution in [3.05, 3.63) is 29.3 Å². The van der Waals surface area contributed by atoms with Crippen molar-refractivity contribution in [3.63, 3.8) is 0 Å². The van der Waals surface area contributed by atoms with Crippen molar-refractivity contribution in [2.45, 2.75) is 33.7 Å². The van der Waals surface area contributed by atoms with Crippen molar-refractivity contribution < 1.29 is 14.7 Å². The first kappa shape index (κ1) is 16.2. The quantitative estimate of drug-likeness (QED) is 0.743. The predicted octanol–water partition coefficient (Wildman–Crippen LogP) is 1.94. The number of rotatable bonds is 6. The molecule has 0 radical (unpaired) electrons. The zero-order valence-electron chi connectivity index (χ0n) is 12.4. The first-order chi connectivity index (χ1) is 9.32. The summed E-state index contributed by atoms with van der Waals surface area (Å²) < 4.78 is 0. The lowest BCUT2D eigenvalue weighted by Crippen LogP contribution is -2.44. The van der Waals surface area contributed by atoms with Crippen LogP contribution in [0.3, 0.4) is 0 Å². The van der Waals surface area contributed by atoms with E-state index in [1.807, 2.05) is 32.0 Å². The third kappa shape index (κ3) is 4.35. The summed E-state index contributed by atoms with van der Waals surface area (Å²) in [6, 6.07) is 5.05. The van der Waals surface area contributed by atoms with Crippen LogP contribution in [-0.2, 0) is 9.59 Å². The number of carboxylic acid groups (broad SMARTS) is 1. The highest BCUT2D eigenvalue weighted by molar-refractivity contribution is 5.94. The lowest BCUT2D eigenvalue weighted by molar-refractivity contribution is -0.140. The molecule has 5 nitrogen and oxygen atoms in total. The Morgan fingerprint density at radius 2 is 1.75 bits per heavy atom. The molecule has 0 bridgehead atoms. The van der Waals surface area contributed by atoms with Crippen molar-refractivity contribution >= 4 is 17.6 Å². The highest BCUT2D eigenvalue weighted by Crippen LogP contribution is 2.19. The molecule has 0 spiro atoms. The molecule has 0 aromatic heterocycles. The van der Waals surface area contributed by atoms with Crippen LogP contribution in [0.4, 0.5) is 5.69 Å². The Morgan fingerprint density at radius 1 is 1.20 bits per heavy atom. The number of aryl methyl sites for hydroxylation is 2.